The number of rotatable bonds is 6. The van der Waals surface area contributed by atoms with E-state index in [1.165, 1.54) is 0 Å². The number of anilines is 1. The van der Waals surface area contributed by atoms with Crippen LogP contribution < -0.4 is 20.1 Å². The molecule has 116 valence electrons. The molecule has 1 fully saturated rings. The quantitative estimate of drug-likeness (QED) is 0.845. The summed E-state index contributed by atoms with van der Waals surface area (Å²) in [5.41, 5.74) is 0.596. The average Bonchev–Trinajstić information content (AvgIpc) is 2.95. The number of hydrogen-bond donors (Lipinski definition) is 2. The van der Waals surface area contributed by atoms with Crippen LogP contribution in [0.1, 0.15) is 20.3 Å². The van der Waals surface area contributed by atoms with Crippen molar-refractivity contribution in [1.82, 2.24) is 5.32 Å². The van der Waals surface area contributed by atoms with E-state index in [9.17, 15) is 4.79 Å². The van der Waals surface area contributed by atoms with Crippen LogP contribution in [0.5, 0.6) is 11.5 Å². The third-order valence-electron chi connectivity index (χ3n) is 3.07. The Bertz CT molecular complexity index is 473. The Labute approximate surface area is 124 Å². The fourth-order valence-corrected chi connectivity index (χ4v) is 2.14. The van der Waals surface area contributed by atoms with Crippen LogP contribution in [-0.4, -0.2) is 38.5 Å². The molecule has 1 heterocycles. The first-order valence-electron chi connectivity index (χ1n) is 7.27. The summed E-state index contributed by atoms with van der Waals surface area (Å²) in [6.45, 7) is 6.16. The second kappa shape index (κ2) is 7.73. The SMILES string of the molecule is CCOc1ccc(OCC)c(NC(=O)NC2CCOC2)c1. The maximum atomic E-state index is 12.0. The number of carbonyl (C=O) groups is 1. The average molecular weight is 294 g/mol. The third-order valence-corrected chi connectivity index (χ3v) is 3.07. The zero-order chi connectivity index (χ0) is 15.1. The van der Waals surface area contributed by atoms with Crippen molar-refractivity contribution in [2.75, 3.05) is 31.7 Å². The minimum absolute atomic E-state index is 0.0654. The van der Waals surface area contributed by atoms with Crippen LogP contribution >= 0.6 is 0 Å². The number of amides is 2. The van der Waals surface area contributed by atoms with Gasteiger partial charge in [0.25, 0.3) is 0 Å². The molecule has 21 heavy (non-hydrogen) atoms. The molecule has 2 rings (SSSR count). The maximum Gasteiger partial charge on any atom is 0.319 e. The lowest BCUT2D eigenvalue weighted by Crippen LogP contribution is -2.38. The Morgan fingerprint density at radius 3 is 2.81 bits per heavy atom. The number of ether oxygens (including phenoxy) is 3. The molecule has 0 aliphatic carbocycles. The molecule has 6 nitrogen and oxygen atoms in total. The Hall–Kier alpha value is -1.95. The van der Waals surface area contributed by atoms with E-state index in [4.69, 9.17) is 14.2 Å². The van der Waals surface area contributed by atoms with Crippen LogP contribution in [0.25, 0.3) is 0 Å². The maximum absolute atomic E-state index is 12.0. The summed E-state index contributed by atoms with van der Waals surface area (Å²) in [5, 5.41) is 5.69. The molecule has 0 radical (unpaired) electrons. The van der Waals surface area contributed by atoms with Gasteiger partial charge in [0.15, 0.2) is 0 Å². The van der Waals surface area contributed by atoms with Gasteiger partial charge in [0, 0.05) is 12.7 Å². The van der Waals surface area contributed by atoms with E-state index in [0.29, 0.717) is 43.6 Å². The van der Waals surface area contributed by atoms with E-state index in [2.05, 4.69) is 10.6 Å². The molecule has 2 amide bonds. The lowest BCUT2D eigenvalue weighted by atomic mass is 10.2. The van der Waals surface area contributed by atoms with Gasteiger partial charge in [0.05, 0.1) is 31.5 Å². The molecular formula is C15H22N2O4. The molecule has 1 aromatic carbocycles. The second-order valence-corrected chi connectivity index (χ2v) is 4.68. The normalized spacial score (nSPS) is 17.3. The highest BCUT2D eigenvalue weighted by molar-refractivity contribution is 5.91. The number of carbonyl (C=O) groups excluding carboxylic acids is 1. The highest BCUT2D eigenvalue weighted by Gasteiger charge is 2.18. The molecule has 6 heteroatoms. The van der Waals surface area contributed by atoms with Gasteiger partial charge in [-0.25, -0.2) is 4.79 Å². The smallest absolute Gasteiger partial charge is 0.319 e. The van der Waals surface area contributed by atoms with E-state index >= 15 is 0 Å². The highest BCUT2D eigenvalue weighted by Crippen LogP contribution is 2.29. The number of urea groups is 1. The van der Waals surface area contributed by atoms with E-state index < -0.39 is 0 Å². The zero-order valence-corrected chi connectivity index (χ0v) is 12.5. The third kappa shape index (κ3) is 4.53. The minimum Gasteiger partial charge on any atom is -0.494 e. The Morgan fingerprint density at radius 1 is 1.33 bits per heavy atom. The molecule has 1 saturated heterocycles. The first-order valence-corrected chi connectivity index (χ1v) is 7.27. The van der Waals surface area contributed by atoms with Gasteiger partial charge in [-0.15, -0.1) is 0 Å². The van der Waals surface area contributed by atoms with Gasteiger partial charge in [-0.1, -0.05) is 0 Å². The lowest BCUT2D eigenvalue weighted by molar-refractivity contribution is 0.189. The van der Waals surface area contributed by atoms with E-state index in [-0.39, 0.29) is 12.1 Å². The van der Waals surface area contributed by atoms with Crippen molar-refractivity contribution in [3.63, 3.8) is 0 Å². The van der Waals surface area contributed by atoms with E-state index in [1.54, 1.807) is 12.1 Å². The number of benzene rings is 1. The summed E-state index contributed by atoms with van der Waals surface area (Å²) in [4.78, 5) is 12.0. The Balaban J connectivity index is 2.04. The van der Waals surface area contributed by atoms with Crippen molar-refractivity contribution in [1.29, 1.82) is 0 Å². The standard InChI is InChI=1S/C15H22N2O4/c1-3-20-12-5-6-14(21-4-2)13(9-12)17-15(18)16-11-7-8-19-10-11/h5-6,9,11H,3-4,7-8,10H2,1-2H3,(H2,16,17,18). The van der Waals surface area contributed by atoms with Gasteiger partial charge >= 0.3 is 6.03 Å². The molecule has 0 saturated carbocycles. The first kappa shape index (κ1) is 15.4. The summed E-state index contributed by atoms with van der Waals surface area (Å²) in [5.74, 6) is 1.32. The molecule has 0 bridgehead atoms. The van der Waals surface area contributed by atoms with Gasteiger partial charge in [-0.2, -0.15) is 0 Å². The molecule has 0 aromatic heterocycles. The summed E-state index contributed by atoms with van der Waals surface area (Å²) >= 11 is 0. The number of nitrogens with one attached hydrogen (secondary N) is 2. The van der Waals surface area contributed by atoms with Crippen molar-refractivity contribution >= 4 is 11.7 Å². The largest absolute Gasteiger partial charge is 0.494 e. The zero-order valence-electron chi connectivity index (χ0n) is 12.5. The van der Waals surface area contributed by atoms with Gasteiger partial charge in [-0.05, 0) is 32.4 Å². The Morgan fingerprint density at radius 2 is 2.14 bits per heavy atom. The Kier molecular flexibility index (Phi) is 5.68. The van der Waals surface area contributed by atoms with Crippen LogP contribution in [0.15, 0.2) is 18.2 Å². The summed E-state index contributed by atoms with van der Waals surface area (Å²) in [6.07, 6.45) is 0.838. The second-order valence-electron chi connectivity index (χ2n) is 4.68. The topological polar surface area (TPSA) is 68.8 Å². The van der Waals surface area contributed by atoms with Crippen LogP contribution in [0.3, 0.4) is 0 Å². The van der Waals surface area contributed by atoms with Crippen LogP contribution in [0.2, 0.25) is 0 Å². The van der Waals surface area contributed by atoms with Crippen molar-refractivity contribution in [2.45, 2.75) is 26.3 Å². The fraction of sp³-hybridized carbons (Fsp3) is 0.533. The fourth-order valence-electron chi connectivity index (χ4n) is 2.14. The van der Waals surface area contributed by atoms with Crippen LogP contribution in [0, 0.1) is 0 Å². The highest BCUT2D eigenvalue weighted by atomic mass is 16.5. The molecule has 0 spiro atoms. The van der Waals surface area contributed by atoms with E-state index in [1.807, 2.05) is 19.9 Å². The van der Waals surface area contributed by atoms with Crippen LogP contribution in [0.4, 0.5) is 10.5 Å². The predicted octanol–water partition coefficient (Wildman–Crippen LogP) is 2.39. The van der Waals surface area contributed by atoms with Gasteiger partial charge in [-0.3, -0.25) is 0 Å². The van der Waals surface area contributed by atoms with Crippen molar-refractivity contribution in [3.8, 4) is 11.5 Å². The lowest BCUT2D eigenvalue weighted by Gasteiger charge is -2.15. The summed E-state index contributed by atoms with van der Waals surface area (Å²) in [6, 6.07) is 5.18. The van der Waals surface area contributed by atoms with Gasteiger partial charge < -0.3 is 24.8 Å². The molecule has 1 atom stereocenters. The van der Waals surface area contributed by atoms with Crippen molar-refractivity contribution < 1.29 is 19.0 Å². The summed E-state index contributed by atoms with van der Waals surface area (Å²) in [7, 11) is 0. The van der Waals surface area contributed by atoms with E-state index in [0.717, 1.165) is 6.42 Å². The van der Waals surface area contributed by atoms with Gasteiger partial charge in [0.1, 0.15) is 11.5 Å². The van der Waals surface area contributed by atoms with Crippen molar-refractivity contribution in [3.05, 3.63) is 18.2 Å². The molecule has 1 aromatic rings. The summed E-state index contributed by atoms with van der Waals surface area (Å²) < 4.78 is 16.2. The molecule has 1 unspecified atom stereocenters. The molecule has 2 N–H and O–H groups in total. The van der Waals surface area contributed by atoms with Crippen LogP contribution in [-0.2, 0) is 4.74 Å². The number of hydrogen-bond acceptors (Lipinski definition) is 4. The minimum atomic E-state index is -0.264. The molecular weight excluding hydrogens is 272 g/mol. The molecule has 1 aliphatic heterocycles. The predicted molar refractivity (Wildman–Crippen MR) is 80.2 cm³/mol. The van der Waals surface area contributed by atoms with Crippen molar-refractivity contribution in [2.24, 2.45) is 0 Å². The monoisotopic (exact) mass is 294 g/mol. The van der Waals surface area contributed by atoms with Gasteiger partial charge in [0.2, 0.25) is 0 Å². The first-order chi connectivity index (χ1) is 10.2. The molecule has 1 aliphatic rings.